The molecule has 0 aliphatic carbocycles. The van der Waals surface area contributed by atoms with E-state index in [1.807, 2.05) is 0 Å². The Morgan fingerprint density at radius 1 is 1.25 bits per heavy atom. The highest BCUT2D eigenvalue weighted by Gasteiger charge is 2.63. The third-order valence-corrected chi connectivity index (χ3v) is 0.979. The van der Waals surface area contributed by atoms with Gasteiger partial charge in [-0.05, 0) is 6.92 Å². The maximum atomic E-state index is 12.0. The van der Waals surface area contributed by atoms with Crippen molar-refractivity contribution in [2.45, 2.75) is 19.0 Å². The quantitative estimate of drug-likeness (QED) is 0.655. The number of nitrogens with one attached hydrogen (secondary N) is 1. The SMILES string of the molecule is CCNC(=O)C(F)(F)C(F)(F)F. The van der Waals surface area contributed by atoms with Gasteiger partial charge in [-0.15, -0.1) is 0 Å². The van der Waals surface area contributed by atoms with E-state index in [1.54, 1.807) is 0 Å². The van der Waals surface area contributed by atoms with Crippen LogP contribution in [0.2, 0.25) is 0 Å². The fourth-order valence-electron chi connectivity index (χ4n) is 0.400. The normalized spacial score (nSPS) is 12.8. The van der Waals surface area contributed by atoms with E-state index < -0.39 is 18.0 Å². The molecule has 0 aromatic rings. The molecule has 0 saturated carbocycles. The van der Waals surface area contributed by atoms with Crippen molar-refractivity contribution >= 4 is 5.91 Å². The summed E-state index contributed by atoms with van der Waals surface area (Å²) in [5, 5.41) is 1.38. The molecule has 0 heterocycles. The average Bonchev–Trinajstić information content (AvgIpc) is 1.85. The van der Waals surface area contributed by atoms with Crippen LogP contribution in [-0.2, 0) is 4.79 Å². The van der Waals surface area contributed by atoms with Crippen LogP contribution in [0.1, 0.15) is 6.92 Å². The van der Waals surface area contributed by atoms with Crippen molar-refractivity contribution in [2.75, 3.05) is 6.54 Å². The Hall–Kier alpha value is -0.880. The molecule has 0 aliphatic heterocycles. The Morgan fingerprint density at radius 2 is 1.67 bits per heavy atom. The summed E-state index contributed by atoms with van der Waals surface area (Å²) in [6.45, 7) is 0.967. The van der Waals surface area contributed by atoms with Crippen molar-refractivity contribution in [2.24, 2.45) is 0 Å². The van der Waals surface area contributed by atoms with Crippen molar-refractivity contribution < 1.29 is 26.7 Å². The van der Waals surface area contributed by atoms with Gasteiger partial charge in [-0.2, -0.15) is 22.0 Å². The van der Waals surface area contributed by atoms with Gasteiger partial charge in [-0.25, -0.2) is 0 Å². The predicted octanol–water partition coefficient (Wildman–Crippen LogP) is 1.32. The fraction of sp³-hybridized carbons (Fsp3) is 0.800. The number of carbonyl (C=O) groups is 1. The molecule has 0 atom stereocenters. The van der Waals surface area contributed by atoms with Gasteiger partial charge in [0.1, 0.15) is 0 Å². The molecule has 0 radical (unpaired) electrons. The standard InChI is InChI=1S/C5H6F5NO/c1-2-11-3(12)4(6,7)5(8,9)10/h2H2,1H3,(H,11,12). The molecule has 0 bridgehead atoms. The summed E-state index contributed by atoms with van der Waals surface area (Å²) >= 11 is 0. The molecule has 0 unspecified atom stereocenters. The van der Waals surface area contributed by atoms with E-state index in [0.717, 1.165) is 0 Å². The van der Waals surface area contributed by atoms with E-state index in [0.29, 0.717) is 0 Å². The molecule has 7 heteroatoms. The van der Waals surface area contributed by atoms with Crippen molar-refractivity contribution in [1.82, 2.24) is 5.32 Å². The van der Waals surface area contributed by atoms with Gasteiger partial charge in [0.05, 0.1) is 0 Å². The molecule has 72 valence electrons. The number of carbonyl (C=O) groups excluding carboxylic acids is 1. The number of alkyl halides is 5. The molecule has 2 nitrogen and oxygen atoms in total. The van der Waals surface area contributed by atoms with Gasteiger partial charge in [0.25, 0.3) is 5.91 Å². The zero-order chi connectivity index (χ0) is 9.99. The van der Waals surface area contributed by atoms with E-state index >= 15 is 0 Å². The van der Waals surface area contributed by atoms with E-state index in [2.05, 4.69) is 0 Å². The molecule has 1 N–H and O–H groups in total. The zero-order valence-corrected chi connectivity index (χ0v) is 6.01. The molecule has 0 aromatic carbocycles. The van der Waals surface area contributed by atoms with E-state index in [4.69, 9.17) is 0 Å². The highest BCUT2D eigenvalue weighted by atomic mass is 19.4. The second-order valence-corrected chi connectivity index (χ2v) is 1.93. The van der Waals surface area contributed by atoms with Gasteiger partial charge in [-0.1, -0.05) is 0 Å². The van der Waals surface area contributed by atoms with Gasteiger partial charge in [0, 0.05) is 6.54 Å². The summed E-state index contributed by atoms with van der Waals surface area (Å²) in [5.74, 6) is -7.62. The van der Waals surface area contributed by atoms with Crippen LogP contribution in [0, 0.1) is 0 Å². The number of hydrogen-bond acceptors (Lipinski definition) is 1. The van der Waals surface area contributed by atoms with Crippen LogP contribution in [-0.4, -0.2) is 24.6 Å². The summed E-state index contributed by atoms with van der Waals surface area (Å²) in [4.78, 5) is 10.1. The topological polar surface area (TPSA) is 29.1 Å². The Labute approximate surface area is 64.7 Å². The lowest BCUT2D eigenvalue weighted by atomic mass is 10.3. The molecule has 0 saturated heterocycles. The summed E-state index contributed by atoms with van der Waals surface area (Å²) in [5.41, 5.74) is 0. The van der Waals surface area contributed by atoms with Gasteiger partial charge >= 0.3 is 12.1 Å². The second kappa shape index (κ2) is 3.24. The smallest absolute Gasteiger partial charge is 0.351 e. The minimum atomic E-state index is -5.83. The predicted molar refractivity (Wildman–Crippen MR) is 29.7 cm³/mol. The first-order valence-electron chi connectivity index (χ1n) is 2.96. The molecule has 12 heavy (non-hydrogen) atoms. The number of amides is 1. The van der Waals surface area contributed by atoms with Crippen LogP contribution < -0.4 is 5.32 Å². The lowest BCUT2D eigenvalue weighted by molar-refractivity contribution is -0.269. The van der Waals surface area contributed by atoms with Crippen molar-refractivity contribution in [3.05, 3.63) is 0 Å². The van der Waals surface area contributed by atoms with Crippen LogP contribution in [0.15, 0.2) is 0 Å². The van der Waals surface area contributed by atoms with Crippen LogP contribution in [0.4, 0.5) is 22.0 Å². The Bertz CT molecular complexity index is 175. The zero-order valence-electron chi connectivity index (χ0n) is 6.01. The van der Waals surface area contributed by atoms with Gasteiger partial charge in [-0.3, -0.25) is 4.79 Å². The molecule has 0 aliphatic rings. The van der Waals surface area contributed by atoms with Crippen LogP contribution in [0.3, 0.4) is 0 Å². The van der Waals surface area contributed by atoms with E-state index in [9.17, 15) is 26.7 Å². The van der Waals surface area contributed by atoms with Crippen LogP contribution in [0.25, 0.3) is 0 Å². The summed E-state index contributed by atoms with van der Waals surface area (Å²) in [6, 6.07) is 0. The van der Waals surface area contributed by atoms with Gasteiger partial charge < -0.3 is 5.32 Å². The third kappa shape index (κ3) is 2.05. The van der Waals surface area contributed by atoms with E-state index in [-0.39, 0.29) is 6.54 Å². The number of hydrogen-bond donors (Lipinski definition) is 1. The summed E-state index contributed by atoms with van der Waals surface area (Å²) < 4.78 is 58.1. The fourth-order valence-corrected chi connectivity index (χ4v) is 0.400. The van der Waals surface area contributed by atoms with Crippen molar-refractivity contribution in [3.63, 3.8) is 0 Å². The molecule has 1 amide bonds. The molecular weight excluding hydrogens is 185 g/mol. The highest BCUT2D eigenvalue weighted by molar-refractivity contribution is 5.84. The molecule has 0 fully saturated rings. The maximum absolute atomic E-state index is 12.0. The van der Waals surface area contributed by atoms with E-state index in [1.165, 1.54) is 12.2 Å². The van der Waals surface area contributed by atoms with Crippen LogP contribution >= 0.6 is 0 Å². The maximum Gasteiger partial charge on any atom is 0.463 e. The summed E-state index contributed by atoms with van der Waals surface area (Å²) in [6.07, 6.45) is -5.83. The Kier molecular flexibility index (Phi) is 3.00. The van der Waals surface area contributed by atoms with Gasteiger partial charge in [0.2, 0.25) is 0 Å². The number of halogens is 5. The largest absolute Gasteiger partial charge is 0.463 e. The Morgan fingerprint density at radius 3 is 1.92 bits per heavy atom. The molecule has 0 aromatic heterocycles. The van der Waals surface area contributed by atoms with Crippen molar-refractivity contribution in [3.8, 4) is 0 Å². The summed E-state index contributed by atoms with van der Waals surface area (Å²) in [7, 11) is 0. The second-order valence-electron chi connectivity index (χ2n) is 1.93. The Balaban J connectivity index is 4.50. The van der Waals surface area contributed by atoms with Gasteiger partial charge in [0.15, 0.2) is 0 Å². The first-order valence-corrected chi connectivity index (χ1v) is 2.96. The average molecular weight is 191 g/mol. The minimum absolute atomic E-state index is 0.273. The molecular formula is C5H6F5NO. The first kappa shape index (κ1) is 11.1. The lowest BCUT2D eigenvalue weighted by Gasteiger charge is -2.17. The van der Waals surface area contributed by atoms with Crippen molar-refractivity contribution in [1.29, 1.82) is 0 Å². The highest BCUT2D eigenvalue weighted by Crippen LogP contribution is 2.35. The van der Waals surface area contributed by atoms with Crippen LogP contribution in [0.5, 0.6) is 0 Å². The lowest BCUT2D eigenvalue weighted by Crippen LogP contribution is -2.50. The minimum Gasteiger partial charge on any atom is -0.351 e. The first-order chi connectivity index (χ1) is 5.23. The third-order valence-electron chi connectivity index (χ3n) is 0.979. The number of rotatable bonds is 2. The molecule has 0 spiro atoms. The molecule has 0 rings (SSSR count). The monoisotopic (exact) mass is 191 g/mol.